The number of carbonyl (C=O) groups is 1. The van der Waals surface area contributed by atoms with E-state index >= 15 is 0 Å². The molecule has 32 heavy (non-hydrogen) atoms. The van der Waals surface area contributed by atoms with E-state index in [9.17, 15) is 4.79 Å². The normalized spacial score (nSPS) is 11.0. The van der Waals surface area contributed by atoms with E-state index in [-0.39, 0.29) is 5.78 Å². The Hall–Kier alpha value is -3.63. The summed E-state index contributed by atoms with van der Waals surface area (Å²) in [6, 6.07) is 30.1. The van der Waals surface area contributed by atoms with Crippen molar-refractivity contribution >= 4 is 16.6 Å². The molecule has 0 saturated carbocycles. The van der Waals surface area contributed by atoms with Crippen molar-refractivity contribution in [2.45, 2.75) is 13.1 Å². The fourth-order valence-corrected chi connectivity index (χ4v) is 3.89. The highest BCUT2D eigenvalue weighted by molar-refractivity contribution is 6.01. The molecule has 0 N–H and O–H groups in total. The molecule has 0 saturated heterocycles. The molecular weight excluding hydrogens is 398 g/mol. The van der Waals surface area contributed by atoms with Gasteiger partial charge < -0.3 is 9.47 Å². The first-order valence-electron chi connectivity index (χ1n) is 10.7. The van der Waals surface area contributed by atoms with Crippen molar-refractivity contribution in [2.75, 3.05) is 20.8 Å². The second-order valence-corrected chi connectivity index (χ2v) is 7.81. The van der Waals surface area contributed by atoms with Crippen LogP contribution in [0.15, 0.2) is 91.0 Å². The molecule has 4 aromatic rings. The summed E-state index contributed by atoms with van der Waals surface area (Å²) in [6.45, 7) is 1.75. The Morgan fingerprint density at radius 2 is 1.22 bits per heavy atom. The van der Waals surface area contributed by atoms with E-state index in [0.29, 0.717) is 36.7 Å². The fourth-order valence-electron chi connectivity index (χ4n) is 3.89. The number of fused-ring (bicyclic) bond motifs is 1. The molecule has 4 nitrogen and oxygen atoms in total. The highest BCUT2D eigenvalue weighted by Crippen LogP contribution is 2.32. The van der Waals surface area contributed by atoms with E-state index in [1.54, 1.807) is 14.2 Å². The van der Waals surface area contributed by atoms with Crippen LogP contribution in [0, 0.1) is 0 Å². The van der Waals surface area contributed by atoms with Crippen LogP contribution in [0.4, 0.5) is 0 Å². The van der Waals surface area contributed by atoms with Gasteiger partial charge in [-0.2, -0.15) is 0 Å². The Morgan fingerprint density at radius 3 is 1.75 bits per heavy atom. The molecule has 0 heterocycles. The zero-order valence-electron chi connectivity index (χ0n) is 18.5. The zero-order chi connectivity index (χ0) is 22.3. The number of carbonyl (C=O) groups excluding carboxylic acids is 1. The molecule has 162 valence electrons. The van der Waals surface area contributed by atoms with Crippen molar-refractivity contribution in [3.63, 3.8) is 0 Å². The number of hydrogen-bond donors (Lipinski definition) is 0. The molecule has 0 aliphatic rings. The standard InChI is InChI=1S/C28H27NO3/c1-31-27-16-23-13-14-24(15-25(23)17-28(27)32-2)26(30)20-29(18-21-9-5-3-6-10-21)19-22-11-7-4-8-12-22/h3-17H,18-20H2,1-2H3. The summed E-state index contributed by atoms with van der Waals surface area (Å²) in [7, 11) is 3.24. The third kappa shape index (κ3) is 5.16. The van der Waals surface area contributed by atoms with Gasteiger partial charge in [0.2, 0.25) is 0 Å². The minimum absolute atomic E-state index is 0.0912. The first kappa shape index (κ1) is 21.6. The van der Waals surface area contributed by atoms with Crippen LogP contribution >= 0.6 is 0 Å². The molecule has 0 amide bonds. The summed E-state index contributed by atoms with van der Waals surface area (Å²) in [5.74, 6) is 1.42. The minimum Gasteiger partial charge on any atom is -0.493 e. The lowest BCUT2D eigenvalue weighted by Gasteiger charge is -2.22. The summed E-state index contributed by atoms with van der Waals surface area (Å²) in [6.07, 6.45) is 0. The van der Waals surface area contributed by atoms with Crippen LogP contribution in [0.5, 0.6) is 11.5 Å². The average Bonchev–Trinajstić information content (AvgIpc) is 2.84. The summed E-state index contributed by atoms with van der Waals surface area (Å²) < 4.78 is 10.8. The van der Waals surface area contributed by atoms with Crippen LogP contribution in [0.1, 0.15) is 21.5 Å². The highest BCUT2D eigenvalue weighted by Gasteiger charge is 2.15. The van der Waals surface area contributed by atoms with E-state index in [1.807, 2.05) is 66.7 Å². The molecule has 0 unspecified atom stereocenters. The Labute approximate surface area is 189 Å². The Balaban J connectivity index is 1.58. The van der Waals surface area contributed by atoms with Gasteiger partial charge >= 0.3 is 0 Å². The SMILES string of the molecule is COc1cc2ccc(C(=O)CN(Cc3ccccc3)Cc3ccccc3)cc2cc1OC. The van der Waals surface area contributed by atoms with E-state index in [0.717, 1.165) is 10.8 Å². The predicted octanol–water partition coefficient (Wildman–Crippen LogP) is 5.74. The lowest BCUT2D eigenvalue weighted by Crippen LogP contribution is -2.29. The molecule has 0 fully saturated rings. The number of Topliss-reactive ketones (excluding diaryl/α,β-unsaturated/α-hetero) is 1. The Kier molecular flexibility index (Phi) is 6.83. The van der Waals surface area contributed by atoms with Gasteiger partial charge in [-0.15, -0.1) is 0 Å². The topological polar surface area (TPSA) is 38.8 Å². The molecule has 0 atom stereocenters. The van der Waals surface area contributed by atoms with Crippen molar-refractivity contribution in [1.29, 1.82) is 0 Å². The number of benzene rings is 4. The number of ketones is 1. The lowest BCUT2D eigenvalue weighted by atomic mass is 10.0. The third-order valence-electron chi connectivity index (χ3n) is 5.53. The maximum atomic E-state index is 13.3. The van der Waals surface area contributed by atoms with Crippen LogP contribution in [0.2, 0.25) is 0 Å². The average molecular weight is 426 g/mol. The van der Waals surface area contributed by atoms with Crippen molar-refractivity contribution < 1.29 is 14.3 Å². The molecule has 0 aliphatic heterocycles. The highest BCUT2D eigenvalue weighted by atomic mass is 16.5. The van der Waals surface area contributed by atoms with Gasteiger partial charge in [-0.05, 0) is 40.1 Å². The largest absolute Gasteiger partial charge is 0.493 e. The molecule has 4 heteroatoms. The molecular formula is C28H27NO3. The molecule has 0 aromatic heterocycles. The van der Waals surface area contributed by atoms with Gasteiger partial charge in [-0.1, -0.05) is 72.8 Å². The number of nitrogens with zero attached hydrogens (tertiary/aromatic N) is 1. The number of ether oxygens (including phenoxy) is 2. The maximum absolute atomic E-state index is 13.3. The smallest absolute Gasteiger partial charge is 0.176 e. The zero-order valence-corrected chi connectivity index (χ0v) is 18.5. The van der Waals surface area contributed by atoms with Gasteiger partial charge in [0.05, 0.1) is 20.8 Å². The monoisotopic (exact) mass is 425 g/mol. The van der Waals surface area contributed by atoms with Crippen molar-refractivity contribution in [1.82, 2.24) is 4.90 Å². The van der Waals surface area contributed by atoms with Crippen LogP contribution in [0.3, 0.4) is 0 Å². The lowest BCUT2D eigenvalue weighted by molar-refractivity contribution is 0.0920. The van der Waals surface area contributed by atoms with Gasteiger partial charge in [0.25, 0.3) is 0 Å². The maximum Gasteiger partial charge on any atom is 0.176 e. The Morgan fingerprint density at radius 1 is 0.688 bits per heavy atom. The summed E-state index contributed by atoms with van der Waals surface area (Å²) >= 11 is 0. The van der Waals surface area contributed by atoms with Gasteiger partial charge in [0, 0.05) is 18.7 Å². The summed E-state index contributed by atoms with van der Waals surface area (Å²) in [5.41, 5.74) is 3.06. The van der Waals surface area contributed by atoms with Crippen LogP contribution in [-0.2, 0) is 13.1 Å². The minimum atomic E-state index is 0.0912. The van der Waals surface area contributed by atoms with Crippen molar-refractivity contribution in [3.05, 3.63) is 108 Å². The van der Waals surface area contributed by atoms with Crippen molar-refractivity contribution in [3.8, 4) is 11.5 Å². The summed E-state index contributed by atoms with van der Waals surface area (Å²) in [5, 5.41) is 1.95. The van der Waals surface area contributed by atoms with Crippen LogP contribution in [0.25, 0.3) is 10.8 Å². The third-order valence-corrected chi connectivity index (χ3v) is 5.53. The van der Waals surface area contributed by atoms with Crippen LogP contribution in [-0.4, -0.2) is 31.4 Å². The second kappa shape index (κ2) is 10.1. The molecule has 0 aliphatic carbocycles. The van der Waals surface area contributed by atoms with Crippen molar-refractivity contribution in [2.24, 2.45) is 0 Å². The number of methoxy groups -OCH3 is 2. The van der Waals surface area contributed by atoms with Crippen LogP contribution < -0.4 is 9.47 Å². The Bertz CT molecular complexity index is 1150. The van der Waals surface area contributed by atoms with E-state index in [4.69, 9.17) is 9.47 Å². The first-order chi connectivity index (χ1) is 15.7. The molecule has 0 bridgehead atoms. The fraction of sp³-hybridized carbons (Fsp3) is 0.179. The second-order valence-electron chi connectivity index (χ2n) is 7.81. The first-order valence-corrected chi connectivity index (χ1v) is 10.7. The molecule has 0 radical (unpaired) electrons. The number of rotatable bonds is 9. The van der Waals surface area contributed by atoms with Gasteiger partial charge in [0.1, 0.15) is 0 Å². The number of hydrogen-bond acceptors (Lipinski definition) is 4. The van der Waals surface area contributed by atoms with Gasteiger partial charge in [-0.3, -0.25) is 9.69 Å². The molecule has 4 aromatic carbocycles. The van der Waals surface area contributed by atoms with E-state index < -0.39 is 0 Å². The molecule has 4 rings (SSSR count). The van der Waals surface area contributed by atoms with E-state index in [1.165, 1.54) is 11.1 Å². The molecule has 0 spiro atoms. The van der Waals surface area contributed by atoms with E-state index in [2.05, 4.69) is 29.2 Å². The van der Waals surface area contributed by atoms with Gasteiger partial charge in [-0.25, -0.2) is 0 Å². The predicted molar refractivity (Wildman–Crippen MR) is 128 cm³/mol. The quantitative estimate of drug-likeness (QED) is 0.321. The van der Waals surface area contributed by atoms with Gasteiger partial charge in [0.15, 0.2) is 17.3 Å². The summed E-state index contributed by atoms with van der Waals surface area (Å²) in [4.78, 5) is 15.4.